The highest BCUT2D eigenvalue weighted by Gasteiger charge is 2.06. The van der Waals surface area contributed by atoms with Crippen LogP contribution in [-0.4, -0.2) is 32.6 Å². The number of thiophene rings is 1. The number of hydrogen-bond donors (Lipinski definition) is 1. The molecule has 0 amide bonds. The zero-order valence-electron chi connectivity index (χ0n) is 8.50. The first kappa shape index (κ1) is 11.4. The van der Waals surface area contributed by atoms with Gasteiger partial charge in [0.15, 0.2) is 5.78 Å². The van der Waals surface area contributed by atoms with Gasteiger partial charge < -0.3 is 10.1 Å². The molecular formula is C10H15NO2S. The lowest BCUT2D eigenvalue weighted by atomic mass is 10.2. The van der Waals surface area contributed by atoms with Gasteiger partial charge in [-0.15, -0.1) is 11.3 Å². The van der Waals surface area contributed by atoms with Crippen LogP contribution in [-0.2, 0) is 4.74 Å². The van der Waals surface area contributed by atoms with Crippen LogP contribution in [0.4, 0.5) is 0 Å². The predicted molar refractivity (Wildman–Crippen MR) is 58.1 cm³/mol. The van der Waals surface area contributed by atoms with E-state index < -0.39 is 0 Å². The van der Waals surface area contributed by atoms with E-state index in [4.69, 9.17) is 4.74 Å². The monoisotopic (exact) mass is 213 g/mol. The summed E-state index contributed by atoms with van der Waals surface area (Å²) in [6.07, 6.45) is 0. The van der Waals surface area contributed by atoms with Crippen molar-refractivity contribution in [3.05, 3.63) is 21.9 Å². The minimum atomic E-state index is 0.144. The second-order valence-corrected chi connectivity index (χ2v) is 4.15. The molecule has 0 saturated carbocycles. The lowest BCUT2D eigenvalue weighted by molar-refractivity contribution is 0.0988. The van der Waals surface area contributed by atoms with Crippen LogP contribution >= 0.6 is 11.3 Å². The third kappa shape index (κ3) is 3.57. The summed E-state index contributed by atoms with van der Waals surface area (Å²) in [5, 5.41) is 4.92. The van der Waals surface area contributed by atoms with Gasteiger partial charge in [0.05, 0.1) is 13.2 Å². The highest BCUT2D eigenvalue weighted by atomic mass is 32.1. The summed E-state index contributed by atoms with van der Waals surface area (Å²) < 4.78 is 4.86. The first-order chi connectivity index (χ1) is 6.74. The van der Waals surface area contributed by atoms with Crippen LogP contribution in [0.5, 0.6) is 0 Å². The van der Waals surface area contributed by atoms with Gasteiger partial charge >= 0.3 is 0 Å². The van der Waals surface area contributed by atoms with Crippen molar-refractivity contribution in [1.82, 2.24) is 5.32 Å². The van der Waals surface area contributed by atoms with Gasteiger partial charge in [0.25, 0.3) is 0 Å². The van der Waals surface area contributed by atoms with Crippen molar-refractivity contribution in [2.45, 2.75) is 6.92 Å². The lowest BCUT2D eigenvalue weighted by Crippen LogP contribution is -2.26. The summed E-state index contributed by atoms with van der Waals surface area (Å²) in [5.41, 5.74) is 0.803. The molecule has 1 N–H and O–H groups in total. The topological polar surface area (TPSA) is 38.3 Å². The van der Waals surface area contributed by atoms with Crippen LogP contribution in [0.25, 0.3) is 0 Å². The number of methoxy groups -OCH3 is 1. The van der Waals surface area contributed by atoms with E-state index in [-0.39, 0.29) is 5.78 Å². The van der Waals surface area contributed by atoms with E-state index in [1.54, 1.807) is 18.4 Å². The van der Waals surface area contributed by atoms with Crippen molar-refractivity contribution in [2.75, 3.05) is 26.8 Å². The summed E-state index contributed by atoms with van der Waals surface area (Å²) in [6.45, 7) is 3.74. The Morgan fingerprint density at radius 1 is 1.64 bits per heavy atom. The Morgan fingerprint density at radius 3 is 3.00 bits per heavy atom. The zero-order chi connectivity index (χ0) is 10.4. The second kappa shape index (κ2) is 5.90. The fraction of sp³-hybridized carbons (Fsp3) is 0.500. The molecule has 78 valence electrons. The van der Waals surface area contributed by atoms with Gasteiger partial charge in [-0.3, -0.25) is 4.79 Å². The van der Waals surface area contributed by atoms with Crippen molar-refractivity contribution < 1.29 is 9.53 Å². The van der Waals surface area contributed by atoms with Crippen LogP contribution in [0, 0.1) is 6.92 Å². The third-order valence-corrected chi connectivity index (χ3v) is 2.68. The molecule has 0 aliphatic carbocycles. The van der Waals surface area contributed by atoms with E-state index in [0.717, 1.165) is 5.56 Å². The molecule has 0 aromatic carbocycles. The summed E-state index contributed by atoms with van der Waals surface area (Å²) >= 11 is 1.60. The Balaban J connectivity index is 2.29. The largest absolute Gasteiger partial charge is 0.383 e. The summed E-state index contributed by atoms with van der Waals surface area (Å²) in [6, 6.07) is 1.92. The molecule has 14 heavy (non-hydrogen) atoms. The van der Waals surface area contributed by atoms with E-state index in [2.05, 4.69) is 5.32 Å². The number of carbonyl (C=O) groups excluding carboxylic acids is 1. The summed E-state index contributed by atoms with van der Waals surface area (Å²) in [4.78, 5) is 12.7. The van der Waals surface area contributed by atoms with Gasteiger partial charge in [-0.05, 0) is 13.0 Å². The molecule has 0 saturated heterocycles. The molecule has 3 nitrogen and oxygen atoms in total. The normalized spacial score (nSPS) is 10.4. The molecule has 1 heterocycles. The Morgan fingerprint density at radius 2 is 2.43 bits per heavy atom. The Kier molecular flexibility index (Phi) is 4.79. The molecule has 0 aliphatic rings. The molecule has 0 spiro atoms. The molecule has 0 atom stereocenters. The maximum atomic E-state index is 11.5. The molecule has 0 bridgehead atoms. The molecule has 1 aromatic heterocycles. The lowest BCUT2D eigenvalue weighted by Gasteiger charge is -2.01. The van der Waals surface area contributed by atoms with Gasteiger partial charge in [0.1, 0.15) is 0 Å². The van der Waals surface area contributed by atoms with E-state index in [0.29, 0.717) is 19.7 Å². The fourth-order valence-corrected chi connectivity index (χ4v) is 1.78. The maximum Gasteiger partial charge on any atom is 0.177 e. The van der Waals surface area contributed by atoms with Gasteiger partial charge in [-0.2, -0.15) is 0 Å². The van der Waals surface area contributed by atoms with Crippen molar-refractivity contribution in [1.29, 1.82) is 0 Å². The van der Waals surface area contributed by atoms with Crippen molar-refractivity contribution in [2.24, 2.45) is 0 Å². The van der Waals surface area contributed by atoms with Gasteiger partial charge in [0, 0.05) is 29.5 Å². The molecule has 1 aromatic rings. The number of ether oxygens (including phenoxy) is 1. The first-order valence-corrected chi connectivity index (χ1v) is 5.40. The van der Waals surface area contributed by atoms with Gasteiger partial charge in [0.2, 0.25) is 0 Å². The van der Waals surface area contributed by atoms with E-state index in [9.17, 15) is 4.79 Å². The number of ketones is 1. The summed E-state index contributed by atoms with van der Waals surface area (Å²) in [7, 11) is 1.64. The summed E-state index contributed by atoms with van der Waals surface area (Å²) in [5.74, 6) is 0.144. The number of carbonyl (C=O) groups is 1. The fourth-order valence-electron chi connectivity index (χ4n) is 1.07. The Bertz CT molecular complexity index is 296. The van der Waals surface area contributed by atoms with Crippen molar-refractivity contribution in [3.8, 4) is 0 Å². The highest BCUT2D eigenvalue weighted by molar-refractivity contribution is 7.10. The highest BCUT2D eigenvalue weighted by Crippen LogP contribution is 2.12. The van der Waals surface area contributed by atoms with Crippen LogP contribution in [0.15, 0.2) is 11.4 Å². The van der Waals surface area contributed by atoms with Crippen LogP contribution in [0.3, 0.4) is 0 Å². The predicted octanol–water partition coefficient (Wildman–Crippen LogP) is 1.48. The van der Waals surface area contributed by atoms with E-state index >= 15 is 0 Å². The van der Waals surface area contributed by atoms with E-state index in [1.165, 1.54) is 4.88 Å². The number of rotatable bonds is 6. The average Bonchev–Trinajstić information content (AvgIpc) is 2.59. The quantitative estimate of drug-likeness (QED) is 0.574. The number of hydrogen-bond acceptors (Lipinski definition) is 4. The second-order valence-electron chi connectivity index (χ2n) is 3.04. The SMILES string of the molecule is COCCNCC(=O)c1csc(C)c1. The Labute approximate surface area is 88.1 Å². The van der Waals surface area contributed by atoms with Crippen molar-refractivity contribution in [3.63, 3.8) is 0 Å². The van der Waals surface area contributed by atoms with Crippen LogP contribution in [0.1, 0.15) is 15.2 Å². The molecule has 1 rings (SSSR count). The first-order valence-electron chi connectivity index (χ1n) is 4.52. The number of aryl methyl sites for hydroxylation is 1. The minimum absolute atomic E-state index is 0.144. The average molecular weight is 213 g/mol. The number of Topliss-reactive ketones (excluding diaryl/α,β-unsaturated/α-hetero) is 1. The van der Waals surface area contributed by atoms with E-state index in [1.807, 2.05) is 18.4 Å². The maximum absolute atomic E-state index is 11.5. The Hall–Kier alpha value is -0.710. The molecule has 0 fully saturated rings. The van der Waals surface area contributed by atoms with Crippen molar-refractivity contribution >= 4 is 17.1 Å². The molecule has 0 radical (unpaired) electrons. The smallest absolute Gasteiger partial charge is 0.177 e. The third-order valence-electron chi connectivity index (χ3n) is 1.82. The molecule has 4 heteroatoms. The molecular weight excluding hydrogens is 198 g/mol. The van der Waals surface area contributed by atoms with Gasteiger partial charge in [-0.1, -0.05) is 0 Å². The molecule has 0 unspecified atom stereocenters. The molecule has 0 aliphatic heterocycles. The standard InChI is InChI=1S/C10H15NO2S/c1-8-5-9(7-14-8)10(12)6-11-3-4-13-2/h5,7,11H,3-4,6H2,1-2H3. The van der Waals surface area contributed by atoms with Crippen LogP contribution in [0.2, 0.25) is 0 Å². The zero-order valence-corrected chi connectivity index (χ0v) is 9.32. The minimum Gasteiger partial charge on any atom is -0.383 e. The van der Waals surface area contributed by atoms with Crippen LogP contribution < -0.4 is 5.32 Å². The van der Waals surface area contributed by atoms with Gasteiger partial charge in [-0.25, -0.2) is 0 Å². The number of nitrogens with one attached hydrogen (secondary N) is 1.